The molecule has 6 heteroatoms. The van der Waals surface area contributed by atoms with E-state index in [9.17, 15) is 9.59 Å². The minimum atomic E-state index is -1.12. The molecule has 1 heterocycles. The van der Waals surface area contributed by atoms with Crippen LogP contribution in [0, 0.1) is 11.8 Å². The van der Waals surface area contributed by atoms with E-state index in [0.29, 0.717) is 10.5 Å². The number of carboxylic acids is 1. The van der Waals surface area contributed by atoms with Crippen LogP contribution in [0.5, 0.6) is 0 Å². The van der Waals surface area contributed by atoms with Crippen molar-refractivity contribution in [2.75, 3.05) is 0 Å². The van der Waals surface area contributed by atoms with Crippen molar-refractivity contribution in [3.05, 3.63) is 0 Å². The van der Waals surface area contributed by atoms with Gasteiger partial charge >= 0.3 is 5.97 Å². The van der Waals surface area contributed by atoms with E-state index in [0.717, 1.165) is 0 Å². The number of aliphatic carboxylic acids is 1. The van der Waals surface area contributed by atoms with Crippen molar-refractivity contribution in [3.8, 4) is 0 Å². The number of hydrogen-bond donors (Lipinski definition) is 2. The van der Waals surface area contributed by atoms with Crippen LogP contribution in [0.1, 0.15) is 13.8 Å². The number of hydrogen-bond acceptors (Lipinski definition) is 4. The second kappa shape index (κ2) is 4.44. The Morgan fingerprint density at radius 2 is 1.79 bits per heavy atom. The number of primary amides is 1. The number of carboxylic acid groups (broad SMARTS) is 1. The van der Waals surface area contributed by atoms with Gasteiger partial charge in [-0.05, 0) is 5.92 Å². The molecule has 1 amide bonds. The van der Waals surface area contributed by atoms with E-state index in [2.05, 4.69) is 13.8 Å². The van der Waals surface area contributed by atoms with E-state index >= 15 is 0 Å². The lowest BCUT2D eigenvalue weighted by Crippen LogP contribution is -2.42. The van der Waals surface area contributed by atoms with Crippen LogP contribution in [0.2, 0.25) is 0 Å². The summed E-state index contributed by atoms with van der Waals surface area (Å²) >= 11 is 3.06. The van der Waals surface area contributed by atoms with Gasteiger partial charge in [-0.15, -0.1) is 23.5 Å². The summed E-state index contributed by atoms with van der Waals surface area (Å²) in [6.07, 6.45) is 0. The Balaban J connectivity index is 2.51. The topological polar surface area (TPSA) is 80.4 Å². The van der Waals surface area contributed by atoms with Gasteiger partial charge in [0.1, 0.15) is 0 Å². The van der Waals surface area contributed by atoms with Crippen LogP contribution < -0.4 is 5.73 Å². The molecule has 0 aromatic carbocycles. The van der Waals surface area contributed by atoms with E-state index in [1.807, 2.05) is 0 Å². The lowest BCUT2D eigenvalue weighted by Gasteiger charge is -2.38. The third-order valence-corrected chi connectivity index (χ3v) is 5.96. The van der Waals surface area contributed by atoms with Crippen molar-refractivity contribution < 1.29 is 14.7 Å². The van der Waals surface area contributed by atoms with Gasteiger partial charge in [-0.1, -0.05) is 13.8 Å². The Kier molecular flexibility index (Phi) is 3.71. The highest BCUT2D eigenvalue weighted by atomic mass is 32.3. The molecule has 4 nitrogen and oxygen atoms in total. The highest BCUT2D eigenvalue weighted by Crippen LogP contribution is 2.53. The molecule has 1 saturated heterocycles. The molecule has 1 aliphatic rings. The molecule has 0 bridgehead atoms. The largest absolute Gasteiger partial charge is 0.481 e. The molecule has 0 spiro atoms. The first-order valence-corrected chi connectivity index (χ1v) is 6.15. The summed E-state index contributed by atoms with van der Waals surface area (Å²) in [7, 11) is 0. The molecule has 1 rings (SSSR count). The fraction of sp³-hybridized carbons (Fsp3) is 0.750. The van der Waals surface area contributed by atoms with Crippen molar-refractivity contribution in [2.45, 2.75) is 23.0 Å². The first-order valence-electron chi connectivity index (χ1n) is 4.26. The predicted octanol–water partition coefficient (Wildman–Crippen LogP) is 0.961. The Morgan fingerprint density at radius 1 is 1.29 bits per heavy atom. The van der Waals surface area contributed by atoms with Crippen molar-refractivity contribution in [3.63, 3.8) is 0 Å². The average Bonchev–Trinajstić information content (AvgIpc) is 1.92. The van der Waals surface area contributed by atoms with Gasteiger partial charge in [-0.3, -0.25) is 9.59 Å². The van der Waals surface area contributed by atoms with Crippen molar-refractivity contribution in [2.24, 2.45) is 17.6 Å². The first-order chi connectivity index (χ1) is 6.43. The summed E-state index contributed by atoms with van der Waals surface area (Å²) in [5, 5.41) is 8.78. The molecule has 14 heavy (non-hydrogen) atoms. The zero-order valence-corrected chi connectivity index (χ0v) is 9.60. The zero-order valence-electron chi connectivity index (χ0n) is 7.97. The van der Waals surface area contributed by atoms with Crippen LogP contribution in [0.25, 0.3) is 0 Å². The van der Waals surface area contributed by atoms with Crippen LogP contribution in [-0.4, -0.2) is 26.1 Å². The van der Waals surface area contributed by atoms with E-state index in [-0.39, 0.29) is 4.58 Å². The number of thioether (sulfide) groups is 2. The van der Waals surface area contributed by atoms with Crippen LogP contribution in [0.15, 0.2) is 0 Å². The van der Waals surface area contributed by atoms with Gasteiger partial charge in [0.15, 0.2) is 5.92 Å². The molecule has 0 aromatic heterocycles. The van der Waals surface area contributed by atoms with E-state index in [1.165, 1.54) is 23.5 Å². The number of carbonyl (C=O) groups excluding carboxylic acids is 1. The smallest absolute Gasteiger partial charge is 0.318 e. The van der Waals surface area contributed by atoms with Crippen molar-refractivity contribution >= 4 is 35.4 Å². The quantitative estimate of drug-likeness (QED) is 0.709. The molecule has 3 N–H and O–H groups in total. The monoisotopic (exact) mass is 235 g/mol. The van der Waals surface area contributed by atoms with Crippen molar-refractivity contribution in [1.29, 1.82) is 0 Å². The maximum absolute atomic E-state index is 10.9. The molecule has 0 aliphatic carbocycles. The van der Waals surface area contributed by atoms with Gasteiger partial charge in [0.25, 0.3) is 0 Å². The van der Waals surface area contributed by atoms with Gasteiger partial charge < -0.3 is 10.8 Å². The molecule has 0 aromatic rings. The molecular formula is C8H13NO3S2. The Hall–Kier alpha value is -0.360. The summed E-state index contributed by atoms with van der Waals surface area (Å²) in [5.41, 5.74) is 5.02. The summed E-state index contributed by atoms with van der Waals surface area (Å²) < 4.78 is 0.179. The van der Waals surface area contributed by atoms with Gasteiger partial charge in [-0.25, -0.2) is 0 Å². The molecule has 0 saturated carbocycles. The summed E-state index contributed by atoms with van der Waals surface area (Å²) in [6.45, 7) is 4.14. The van der Waals surface area contributed by atoms with Crippen LogP contribution in [-0.2, 0) is 9.59 Å². The average molecular weight is 235 g/mol. The van der Waals surface area contributed by atoms with E-state index in [1.54, 1.807) is 0 Å². The summed E-state index contributed by atoms with van der Waals surface area (Å²) in [4.78, 5) is 21.6. The lowest BCUT2D eigenvalue weighted by molar-refractivity contribution is -0.145. The van der Waals surface area contributed by atoms with Gasteiger partial charge in [0.2, 0.25) is 5.91 Å². The fourth-order valence-electron chi connectivity index (χ4n) is 1.12. The highest BCUT2D eigenvalue weighted by Gasteiger charge is 2.44. The van der Waals surface area contributed by atoms with E-state index in [4.69, 9.17) is 10.8 Å². The SMILES string of the molecule is CC(C)C1SC(C(C(N)=O)C(=O)O)S1. The molecular weight excluding hydrogens is 222 g/mol. The van der Waals surface area contributed by atoms with Crippen LogP contribution in [0.4, 0.5) is 0 Å². The zero-order chi connectivity index (χ0) is 10.9. The Bertz CT molecular complexity index is 237. The lowest BCUT2D eigenvalue weighted by atomic mass is 10.2. The molecule has 1 aliphatic heterocycles. The third-order valence-electron chi connectivity index (χ3n) is 1.93. The predicted molar refractivity (Wildman–Crippen MR) is 57.9 cm³/mol. The Morgan fingerprint density at radius 3 is 2.07 bits per heavy atom. The number of nitrogens with two attached hydrogens (primary N) is 1. The maximum Gasteiger partial charge on any atom is 0.318 e. The number of rotatable bonds is 4. The molecule has 1 unspecified atom stereocenters. The van der Waals surface area contributed by atoms with Crippen molar-refractivity contribution in [1.82, 2.24) is 0 Å². The normalized spacial score (nSPS) is 28.2. The third kappa shape index (κ3) is 2.36. The second-order valence-electron chi connectivity index (χ2n) is 3.47. The van der Waals surface area contributed by atoms with Gasteiger partial charge in [-0.2, -0.15) is 0 Å². The highest BCUT2D eigenvalue weighted by molar-refractivity contribution is 8.33. The minimum absolute atomic E-state index is 0.211. The summed E-state index contributed by atoms with van der Waals surface area (Å²) in [5.74, 6) is -2.43. The summed E-state index contributed by atoms with van der Waals surface area (Å²) in [6, 6.07) is 0. The van der Waals surface area contributed by atoms with Crippen LogP contribution >= 0.6 is 23.5 Å². The minimum Gasteiger partial charge on any atom is -0.481 e. The molecule has 80 valence electrons. The Labute approximate surface area is 91.0 Å². The van der Waals surface area contributed by atoms with Gasteiger partial charge in [0.05, 0.1) is 9.16 Å². The fourth-order valence-corrected chi connectivity index (χ4v) is 4.21. The standard InChI is InChI=1S/C8H13NO3S2/c1-3(2)7-13-8(14-7)4(5(9)10)6(11)12/h3-4,7-8H,1-2H3,(H2,9,10)(H,11,12). The first kappa shape index (κ1) is 11.7. The molecule has 1 fully saturated rings. The maximum atomic E-state index is 10.9. The number of amides is 1. The number of carbonyl (C=O) groups is 2. The van der Waals surface area contributed by atoms with E-state index < -0.39 is 17.8 Å². The molecule has 0 radical (unpaired) electrons. The van der Waals surface area contributed by atoms with Crippen LogP contribution in [0.3, 0.4) is 0 Å². The van der Waals surface area contributed by atoms with Gasteiger partial charge in [0, 0.05) is 0 Å². The second-order valence-corrected chi connectivity index (χ2v) is 6.64. The molecule has 1 atom stereocenters.